The number of nitrogens with zero attached hydrogens (tertiary/aromatic N) is 1. The summed E-state index contributed by atoms with van der Waals surface area (Å²) in [4.78, 5) is 4.57. The lowest BCUT2D eigenvalue weighted by molar-refractivity contribution is 0.351. The summed E-state index contributed by atoms with van der Waals surface area (Å²) in [6.45, 7) is 2.85. The molecule has 1 atom stereocenters. The maximum atomic E-state index is 5.82. The van der Waals surface area contributed by atoms with E-state index in [1.165, 1.54) is 16.1 Å². The molecular weight excluding hydrogens is 348 g/mol. The van der Waals surface area contributed by atoms with Crippen molar-refractivity contribution in [2.75, 3.05) is 13.7 Å². The van der Waals surface area contributed by atoms with Crippen molar-refractivity contribution in [3.63, 3.8) is 0 Å². The zero-order valence-electron chi connectivity index (χ0n) is 12.3. The van der Waals surface area contributed by atoms with Crippen LogP contribution in [0.1, 0.15) is 21.8 Å². The van der Waals surface area contributed by atoms with E-state index in [1.54, 1.807) is 11.3 Å². The Morgan fingerprint density at radius 2 is 2.29 bits per heavy atom. The molecule has 0 spiro atoms. The molecule has 5 heteroatoms. The number of benzene rings is 1. The largest absolute Gasteiger partial charge is 0.493 e. The van der Waals surface area contributed by atoms with E-state index in [-0.39, 0.29) is 0 Å². The number of thiazole rings is 1. The van der Waals surface area contributed by atoms with Crippen LogP contribution < -0.4 is 10.1 Å². The third kappa shape index (κ3) is 3.47. The predicted octanol–water partition coefficient (Wildman–Crippen LogP) is 3.52. The summed E-state index contributed by atoms with van der Waals surface area (Å²) in [7, 11) is 2.02. The average molecular weight is 367 g/mol. The minimum absolute atomic E-state index is 0.373. The van der Waals surface area contributed by atoms with Gasteiger partial charge in [-0.25, -0.2) is 4.98 Å². The molecule has 0 aliphatic carbocycles. The van der Waals surface area contributed by atoms with E-state index in [9.17, 15) is 0 Å². The van der Waals surface area contributed by atoms with Crippen LogP contribution in [0.5, 0.6) is 5.75 Å². The quantitative estimate of drug-likeness (QED) is 0.878. The number of ether oxygens (including phenoxy) is 1. The molecule has 2 aromatic rings. The van der Waals surface area contributed by atoms with Gasteiger partial charge in [0.25, 0.3) is 0 Å². The number of halogens is 1. The van der Waals surface area contributed by atoms with E-state index in [0.717, 1.165) is 41.8 Å². The number of nitrogens with one attached hydrogen (secondary N) is 1. The third-order valence-corrected chi connectivity index (χ3v) is 5.23. The summed E-state index contributed by atoms with van der Waals surface area (Å²) in [5.41, 5.74) is 3.71. The highest BCUT2D eigenvalue weighted by molar-refractivity contribution is 9.10. The Morgan fingerprint density at radius 1 is 1.43 bits per heavy atom. The first-order valence-corrected chi connectivity index (χ1v) is 8.85. The molecule has 2 heterocycles. The summed E-state index contributed by atoms with van der Waals surface area (Å²) < 4.78 is 6.96. The molecule has 1 aliphatic heterocycles. The molecule has 1 aliphatic rings. The van der Waals surface area contributed by atoms with Gasteiger partial charge >= 0.3 is 0 Å². The molecule has 1 aromatic carbocycles. The van der Waals surface area contributed by atoms with Gasteiger partial charge in [0, 0.05) is 34.4 Å². The number of aryl methyl sites for hydroxylation is 1. The SMILES string of the molecule is CNC(Cc1nc(C)cs1)Cc1cc(Br)cc2c1OCC2. The lowest BCUT2D eigenvalue weighted by Crippen LogP contribution is -2.30. The molecule has 0 saturated heterocycles. The van der Waals surface area contributed by atoms with Crippen molar-refractivity contribution in [3.8, 4) is 5.75 Å². The summed E-state index contributed by atoms with van der Waals surface area (Å²) in [5.74, 6) is 1.09. The number of fused-ring (bicyclic) bond motifs is 1. The highest BCUT2D eigenvalue weighted by atomic mass is 79.9. The van der Waals surface area contributed by atoms with Crippen molar-refractivity contribution < 1.29 is 4.74 Å². The topological polar surface area (TPSA) is 34.2 Å². The van der Waals surface area contributed by atoms with E-state index in [1.807, 2.05) is 14.0 Å². The van der Waals surface area contributed by atoms with Crippen molar-refractivity contribution >= 4 is 27.3 Å². The molecule has 1 N–H and O–H groups in total. The second-order valence-corrected chi connectivity index (χ2v) is 7.29. The van der Waals surface area contributed by atoms with Crippen LogP contribution in [0.4, 0.5) is 0 Å². The lowest BCUT2D eigenvalue weighted by Gasteiger charge is -2.17. The van der Waals surface area contributed by atoms with Gasteiger partial charge in [0.05, 0.1) is 11.6 Å². The summed E-state index contributed by atoms with van der Waals surface area (Å²) in [6, 6.07) is 4.73. The first-order valence-electron chi connectivity index (χ1n) is 7.18. The standard InChI is InChI=1S/C16H19BrN2OS/c1-10-9-21-15(19-10)8-14(18-2)7-12-6-13(17)5-11-3-4-20-16(11)12/h5-6,9,14,18H,3-4,7-8H2,1-2H3. The van der Waals surface area contributed by atoms with Crippen LogP contribution in [-0.4, -0.2) is 24.7 Å². The number of rotatable bonds is 5. The number of likely N-dealkylation sites (N-methyl/N-ethyl adjacent to an activating group) is 1. The van der Waals surface area contributed by atoms with E-state index in [4.69, 9.17) is 4.74 Å². The van der Waals surface area contributed by atoms with Crippen LogP contribution >= 0.6 is 27.3 Å². The number of aromatic nitrogens is 1. The first-order chi connectivity index (χ1) is 10.2. The van der Waals surface area contributed by atoms with Crippen LogP contribution in [0, 0.1) is 6.92 Å². The minimum Gasteiger partial charge on any atom is -0.493 e. The Hall–Kier alpha value is -0.910. The van der Waals surface area contributed by atoms with E-state index < -0.39 is 0 Å². The maximum absolute atomic E-state index is 5.82. The molecule has 0 fully saturated rings. The molecule has 3 nitrogen and oxygen atoms in total. The lowest BCUT2D eigenvalue weighted by atomic mass is 10.00. The van der Waals surface area contributed by atoms with Crippen LogP contribution in [0.15, 0.2) is 22.0 Å². The molecule has 0 saturated carbocycles. The summed E-state index contributed by atoms with van der Waals surface area (Å²) in [6.07, 6.45) is 2.92. The first kappa shape index (κ1) is 15.0. The molecule has 1 aromatic heterocycles. The smallest absolute Gasteiger partial charge is 0.125 e. The fraction of sp³-hybridized carbons (Fsp3) is 0.438. The fourth-order valence-corrected chi connectivity index (χ4v) is 4.15. The van der Waals surface area contributed by atoms with Crippen LogP contribution in [0.3, 0.4) is 0 Å². The monoisotopic (exact) mass is 366 g/mol. The molecule has 3 rings (SSSR count). The predicted molar refractivity (Wildman–Crippen MR) is 90.4 cm³/mol. The molecule has 0 radical (unpaired) electrons. The van der Waals surface area contributed by atoms with E-state index in [0.29, 0.717) is 6.04 Å². The molecule has 0 amide bonds. The maximum Gasteiger partial charge on any atom is 0.125 e. The van der Waals surface area contributed by atoms with Gasteiger partial charge in [-0.1, -0.05) is 15.9 Å². The van der Waals surface area contributed by atoms with Gasteiger partial charge in [-0.05, 0) is 43.7 Å². The number of hydrogen-bond acceptors (Lipinski definition) is 4. The van der Waals surface area contributed by atoms with Crippen LogP contribution in [0.25, 0.3) is 0 Å². The Morgan fingerprint density at radius 3 is 3.00 bits per heavy atom. The Labute approximate surface area is 137 Å². The summed E-state index contributed by atoms with van der Waals surface area (Å²) in [5, 5.41) is 6.72. The van der Waals surface area contributed by atoms with Gasteiger partial charge in [0.2, 0.25) is 0 Å². The fourth-order valence-electron chi connectivity index (χ4n) is 2.75. The second kappa shape index (κ2) is 6.46. The van der Waals surface area contributed by atoms with Crippen molar-refractivity contribution in [1.82, 2.24) is 10.3 Å². The van der Waals surface area contributed by atoms with Gasteiger partial charge in [0.1, 0.15) is 5.75 Å². The van der Waals surface area contributed by atoms with Gasteiger partial charge in [-0.3, -0.25) is 0 Å². The number of hydrogen-bond donors (Lipinski definition) is 1. The summed E-state index contributed by atoms with van der Waals surface area (Å²) >= 11 is 5.35. The van der Waals surface area contributed by atoms with Crippen molar-refractivity contribution in [2.24, 2.45) is 0 Å². The normalized spacial score (nSPS) is 14.8. The van der Waals surface area contributed by atoms with Crippen LogP contribution in [0.2, 0.25) is 0 Å². The highest BCUT2D eigenvalue weighted by Crippen LogP contribution is 2.34. The Balaban J connectivity index is 1.78. The van der Waals surface area contributed by atoms with E-state index >= 15 is 0 Å². The van der Waals surface area contributed by atoms with Gasteiger partial charge in [0.15, 0.2) is 0 Å². The molecule has 1 unspecified atom stereocenters. The van der Waals surface area contributed by atoms with Crippen LogP contribution in [-0.2, 0) is 19.3 Å². The van der Waals surface area contributed by atoms with Gasteiger partial charge in [-0.15, -0.1) is 11.3 Å². The second-order valence-electron chi connectivity index (χ2n) is 5.43. The van der Waals surface area contributed by atoms with Crippen molar-refractivity contribution in [2.45, 2.75) is 32.2 Å². The third-order valence-electron chi connectivity index (χ3n) is 3.79. The minimum atomic E-state index is 0.373. The highest BCUT2D eigenvalue weighted by Gasteiger charge is 2.20. The molecular formula is C16H19BrN2OS. The zero-order valence-corrected chi connectivity index (χ0v) is 14.7. The molecule has 0 bridgehead atoms. The van der Waals surface area contributed by atoms with E-state index in [2.05, 4.69) is 43.7 Å². The van der Waals surface area contributed by atoms with Gasteiger partial charge in [-0.2, -0.15) is 0 Å². The van der Waals surface area contributed by atoms with Crippen molar-refractivity contribution in [3.05, 3.63) is 43.8 Å². The van der Waals surface area contributed by atoms with Crippen molar-refractivity contribution in [1.29, 1.82) is 0 Å². The zero-order chi connectivity index (χ0) is 14.8. The van der Waals surface area contributed by atoms with Gasteiger partial charge < -0.3 is 10.1 Å². The molecule has 112 valence electrons. The molecule has 21 heavy (non-hydrogen) atoms. The average Bonchev–Trinajstić information content (AvgIpc) is 3.06. The Kier molecular flexibility index (Phi) is 4.62. The Bertz CT molecular complexity index is 641.